The van der Waals surface area contributed by atoms with Crippen LogP contribution in [0.3, 0.4) is 0 Å². The van der Waals surface area contributed by atoms with E-state index < -0.39 is 12.0 Å². The van der Waals surface area contributed by atoms with Crippen LogP contribution in [0.5, 0.6) is 0 Å². The Kier molecular flexibility index (Phi) is 4.62. The van der Waals surface area contributed by atoms with Gasteiger partial charge in [-0.15, -0.1) is 0 Å². The second-order valence-corrected chi connectivity index (χ2v) is 4.67. The van der Waals surface area contributed by atoms with Crippen molar-refractivity contribution < 1.29 is 14.7 Å². The fraction of sp³-hybridized carbons (Fsp3) is 0.429. The van der Waals surface area contributed by atoms with E-state index >= 15 is 0 Å². The molecular formula is C14H19NO3. The second-order valence-electron chi connectivity index (χ2n) is 4.67. The summed E-state index contributed by atoms with van der Waals surface area (Å²) >= 11 is 0. The summed E-state index contributed by atoms with van der Waals surface area (Å²) in [7, 11) is 1.64. The summed E-state index contributed by atoms with van der Waals surface area (Å²) < 4.78 is 0. The molecule has 18 heavy (non-hydrogen) atoms. The summed E-state index contributed by atoms with van der Waals surface area (Å²) in [5.74, 6) is -0.978. The van der Waals surface area contributed by atoms with Crippen molar-refractivity contribution in [2.24, 2.45) is 0 Å². The van der Waals surface area contributed by atoms with Crippen molar-refractivity contribution >= 4 is 11.8 Å². The molecule has 98 valence electrons. The van der Waals surface area contributed by atoms with Crippen molar-refractivity contribution in [3.63, 3.8) is 0 Å². The summed E-state index contributed by atoms with van der Waals surface area (Å²) in [6.07, 6.45) is 0. The van der Waals surface area contributed by atoms with Gasteiger partial charge in [0.1, 0.15) is 0 Å². The molecule has 4 nitrogen and oxygen atoms in total. The van der Waals surface area contributed by atoms with Crippen LogP contribution >= 0.6 is 0 Å². The van der Waals surface area contributed by atoms with Crippen molar-refractivity contribution in [2.45, 2.75) is 26.8 Å². The van der Waals surface area contributed by atoms with Crippen LogP contribution in [-0.4, -0.2) is 41.4 Å². The number of aryl methyl sites for hydroxylation is 2. The topological polar surface area (TPSA) is 57.6 Å². The smallest absolute Gasteiger partial charge is 0.317 e. The number of hydrogen-bond acceptors (Lipinski definition) is 3. The molecule has 0 spiro atoms. The van der Waals surface area contributed by atoms with Gasteiger partial charge in [-0.1, -0.05) is 23.8 Å². The molecule has 1 unspecified atom stereocenters. The van der Waals surface area contributed by atoms with Crippen molar-refractivity contribution in [3.05, 3.63) is 34.9 Å². The maximum atomic E-state index is 12.3. The Morgan fingerprint density at radius 1 is 1.33 bits per heavy atom. The van der Waals surface area contributed by atoms with Gasteiger partial charge in [0.15, 0.2) is 5.78 Å². The maximum absolute atomic E-state index is 12.3. The molecule has 1 aromatic carbocycles. The van der Waals surface area contributed by atoms with E-state index in [9.17, 15) is 9.59 Å². The van der Waals surface area contributed by atoms with Gasteiger partial charge in [0, 0.05) is 5.56 Å². The number of carbonyl (C=O) groups excluding carboxylic acids is 1. The predicted octanol–water partition coefficient (Wildman–Crippen LogP) is 1.89. The highest BCUT2D eigenvalue weighted by atomic mass is 16.4. The lowest BCUT2D eigenvalue weighted by atomic mass is 9.98. The highest BCUT2D eigenvalue weighted by Crippen LogP contribution is 2.14. The van der Waals surface area contributed by atoms with Gasteiger partial charge in [0.05, 0.1) is 12.6 Å². The van der Waals surface area contributed by atoms with E-state index in [1.165, 1.54) is 4.90 Å². The second kappa shape index (κ2) is 5.78. The Balaban J connectivity index is 2.89. The van der Waals surface area contributed by atoms with E-state index in [1.54, 1.807) is 20.0 Å². The molecule has 0 fully saturated rings. The first kappa shape index (κ1) is 14.4. The number of ketones is 1. The third-order valence-electron chi connectivity index (χ3n) is 3.07. The fourth-order valence-electron chi connectivity index (χ4n) is 1.87. The van der Waals surface area contributed by atoms with Crippen molar-refractivity contribution in [1.82, 2.24) is 4.90 Å². The number of carbonyl (C=O) groups is 2. The summed E-state index contributed by atoms with van der Waals surface area (Å²) in [5.41, 5.74) is 2.69. The van der Waals surface area contributed by atoms with Crippen LogP contribution in [0.4, 0.5) is 0 Å². The normalized spacial score (nSPS) is 12.5. The largest absolute Gasteiger partial charge is 0.480 e. The van der Waals surface area contributed by atoms with Crippen molar-refractivity contribution in [3.8, 4) is 0 Å². The molecule has 1 atom stereocenters. The molecule has 0 amide bonds. The van der Waals surface area contributed by atoms with Crippen molar-refractivity contribution in [2.75, 3.05) is 13.6 Å². The number of Topliss-reactive ketones (excluding diaryl/α,β-unsaturated/α-hetero) is 1. The molecule has 0 aromatic heterocycles. The number of carboxylic acid groups (broad SMARTS) is 1. The summed E-state index contributed by atoms with van der Waals surface area (Å²) in [6.45, 7) is 5.45. The van der Waals surface area contributed by atoms with Gasteiger partial charge in [0.2, 0.25) is 0 Å². The van der Waals surface area contributed by atoms with Crippen LogP contribution in [0.25, 0.3) is 0 Å². The number of carboxylic acids is 1. The Bertz CT molecular complexity index is 468. The predicted molar refractivity (Wildman–Crippen MR) is 70.0 cm³/mol. The number of likely N-dealkylation sites (N-methyl/N-ethyl adjacent to an activating group) is 1. The van der Waals surface area contributed by atoms with E-state index in [2.05, 4.69) is 0 Å². The molecule has 1 N–H and O–H groups in total. The van der Waals surface area contributed by atoms with Gasteiger partial charge in [-0.25, -0.2) is 0 Å². The molecule has 1 aromatic rings. The van der Waals surface area contributed by atoms with E-state index in [0.717, 1.165) is 11.1 Å². The number of hydrogen-bond donors (Lipinski definition) is 1. The van der Waals surface area contributed by atoms with Crippen LogP contribution in [0.15, 0.2) is 18.2 Å². The fourth-order valence-corrected chi connectivity index (χ4v) is 1.87. The molecule has 0 aliphatic heterocycles. The minimum Gasteiger partial charge on any atom is -0.480 e. The summed E-state index contributed by atoms with van der Waals surface area (Å²) in [5, 5.41) is 8.72. The Labute approximate surface area is 107 Å². The number of benzene rings is 1. The van der Waals surface area contributed by atoms with Gasteiger partial charge < -0.3 is 5.11 Å². The molecule has 4 heteroatoms. The average molecular weight is 249 g/mol. The highest BCUT2D eigenvalue weighted by molar-refractivity contribution is 6.01. The van der Waals surface area contributed by atoms with Crippen LogP contribution in [0, 0.1) is 13.8 Å². The number of nitrogens with zero attached hydrogens (tertiary/aromatic N) is 1. The SMILES string of the molecule is Cc1ccc(C(=O)C(C)N(C)CC(=O)O)c(C)c1. The van der Waals surface area contributed by atoms with E-state index in [1.807, 2.05) is 26.0 Å². The summed E-state index contributed by atoms with van der Waals surface area (Å²) in [6, 6.07) is 5.21. The Morgan fingerprint density at radius 2 is 1.94 bits per heavy atom. The number of rotatable bonds is 5. The zero-order valence-electron chi connectivity index (χ0n) is 11.2. The third-order valence-corrected chi connectivity index (χ3v) is 3.07. The lowest BCUT2D eigenvalue weighted by Gasteiger charge is -2.22. The van der Waals surface area contributed by atoms with Gasteiger partial charge in [0.25, 0.3) is 0 Å². The monoisotopic (exact) mass is 249 g/mol. The molecule has 0 saturated carbocycles. The lowest BCUT2D eigenvalue weighted by molar-refractivity contribution is -0.138. The molecule has 0 saturated heterocycles. The first-order valence-electron chi connectivity index (χ1n) is 5.86. The lowest BCUT2D eigenvalue weighted by Crippen LogP contribution is -2.39. The minimum atomic E-state index is -0.933. The zero-order chi connectivity index (χ0) is 13.9. The molecule has 0 aliphatic carbocycles. The molecule has 1 rings (SSSR count). The van der Waals surface area contributed by atoms with Crippen molar-refractivity contribution in [1.29, 1.82) is 0 Å². The standard InChI is InChI=1S/C14H19NO3/c1-9-5-6-12(10(2)7-9)14(18)11(3)15(4)8-13(16)17/h5-7,11H,8H2,1-4H3,(H,16,17). The molecule has 0 heterocycles. The molecule has 0 aliphatic rings. The van der Waals surface area contributed by atoms with Crippen LogP contribution < -0.4 is 0 Å². The van der Waals surface area contributed by atoms with Crippen LogP contribution in [0.1, 0.15) is 28.4 Å². The highest BCUT2D eigenvalue weighted by Gasteiger charge is 2.22. The zero-order valence-corrected chi connectivity index (χ0v) is 11.2. The first-order chi connectivity index (χ1) is 8.32. The third kappa shape index (κ3) is 3.40. The van der Waals surface area contributed by atoms with E-state index in [-0.39, 0.29) is 12.3 Å². The average Bonchev–Trinajstić information content (AvgIpc) is 2.26. The van der Waals surface area contributed by atoms with E-state index in [4.69, 9.17) is 5.11 Å². The van der Waals surface area contributed by atoms with Gasteiger partial charge in [-0.2, -0.15) is 0 Å². The number of aliphatic carboxylic acids is 1. The van der Waals surface area contributed by atoms with Gasteiger partial charge >= 0.3 is 5.97 Å². The quantitative estimate of drug-likeness (QED) is 0.810. The maximum Gasteiger partial charge on any atom is 0.317 e. The summed E-state index contributed by atoms with van der Waals surface area (Å²) in [4.78, 5) is 24.4. The Morgan fingerprint density at radius 3 is 2.44 bits per heavy atom. The van der Waals surface area contributed by atoms with E-state index in [0.29, 0.717) is 5.56 Å². The molecular weight excluding hydrogens is 230 g/mol. The molecule has 0 bridgehead atoms. The van der Waals surface area contributed by atoms with Gasteiger partial charge in [-0.05, 0) is 33.4 Å². The first-order valence-corrected chi connectivity index (χ1v) is 5.86. The molecule has 0 radical (unpaired) electrons. The Hall–Kier alpha value is -1.68. The van der Waals surface area contributed by atoms with Crippen LogP contribution in [-0.2, 0) is 4.79 Å². The van der Waals surface area contributed by atoms with Crippen LogP contribution in [0.2, 0.25) is 0 Å². The van der Waals surface area contributed by atoms with Gasteiger partial charge in [-0.3, -0.25) is 14.5 Å². The minimum absolute atomic E-state index is 0.0451.